The molecule has 0 unspecified atom stereocenters. The molecular weight excluding hydrogens is 266 g/mol. The maximum Gasteiger partial charge on any atom is 0.178 e. The Morgan fingerprint density at radius 1 is 1.42 bits per heavy atom. The Kier molecular flexibility index (Phi) is 3.11. The molecule has 8 heteroatoms. The van der Waals surface area contributed by atoms with Gasteiger partial charge in [0.1, 0.15) is 10.7 Å². The lowest BCUT2D eigenvalue weighted by Crippen LogP contribution is -2.14. The maximum absolute atomic E-state index is 11.4. The van der Waals surface area contributed by atoms with Crippen LogP contribution in [0.15, 0.2) is 29.4 Å². The van der Waals surface area contributed by atoms with Crippen molar-refractivity contribution in [2.75, 3.05) is 6.26 Å². The van der Waals surface area contributed by atoms with Crippen molar-refractivity contribution in [2.24, 2.45) is 5.73 Å². The van der Waals surface area contributed by atoms with Crippen molar-refractivity contribution >= 4 is 15.7 Å². The number of amidine groups is 1. The van der Waals surface area contributed by atoms with E-state index in [0.717, 1.165) is 6.26 Å². The summed E-state index contributed by atoms with van der Waals surface area (Å²) in [7, 11) is -3.29. The molecule has 2 aromatic rings. The number of hydrogen-bond acceptors (Lipinski definition) is 5. The van der Waals surface area contributed by atoms with Gasteiger partial charge in [0.05, 0.1) is 18.1 Å². The first kappa shape index (κ1) is 13.2. The number of sulfone groups is 1. The molecule has 0 saturated carbocycles. The number of hydrogen-bond donors (Lipinski definition) is 2. The number of nitrogens with two attached hydrogens (primary N) is 1. The van der Waals surface area contributed by atoms with E-state index in [4.69, 9.17) is 11.1 Å². The van der Waals surface area contributed by atoms with Crippen molar-refractivity contribution in [2.45, 2.75) is 11.8 Å². The van der Waals surface area contributed by atoms with E-state index in [1.165, 1.54) is 17.1 Å². The number of aromatic nitrogens is 3. The van der Waals surface area contributed by atoms with Gasteiger partial charge in [-0.2, -0.15) is 5.10 Å². The Labute approximate surface area is 110 Å². The largest absolute Gasteiger partial charge is 0.384 e. The second-order valence-electron chi connectivity index (χ2n) is 4.11. The van der Waals surface area contributed by atoms with Crippen LogP contribution in [0.25, 0.3) is 5.82 Å². The van der Waals surface area contributed by atoms with Crippen LogP contribution >= 0.6 is 0 Å². The van der Waals surface area contributed by atoms with E-state index in [2.05, 4.69) is 10.1 Å². The van der Waals surface area contributed by atoms with Crippen LogP contribution in [0.4, 0.5) is 0 Å². The first-order chi connectivity index (χ1) is 8.79. The fraction of sp³-hybridized carbons (Fsp3) is 0.182. The standard InChI is InChI=1S/C11H13N5O2S/c1-7-9(11(12)13)3-4-10(15-7)16-6-8(5-14-16)19(2,17)18/h3-6H,1-2H3,(H3,12,13). The Bertz CT molecular complexity index is 748. The third-order valence-electron chi connectivity index (χ3n) is 2.58. The molecule has 0 amide bonds. The highest BCUT2D eigenvalue weighted by atomic mass is 32.2. The molecule has 100 valence electrons. The molecule has 0 aromatic carbocycles. The highest BCUT2D eigenvalue weighted by Crippen LogP contribution is 2.13. The molecular formula is C11H13N5O2S. The monoisotopic (exact) mass is 279 g/mol. The van der Waals surface area contributed by atoms with Gasteiger partial charge in [-0.3, -0.25) is 5.41 Å². The van der Waals surface area contributed by atoms with Crippen molar-refractivity contribution in [3.8, 4) is 5.82 Å². The molecule has 0 aliphatic carbocycles. The summed E-state index contributed by atoms with van der Waals surface area (Å²) in [4.78, 5) is 4.37. The molecule has 0 aliphatic heterocycles. The van der Waals surface area contributed by atoms with Crippen LogP contribution < -0.4 is 5.73 Å². The van der Waals surface area contributed by atoms with Crippen molar-refractivity contribution < 1.29 is 8.42 Å². The minimum absolute atomic E-state index is 0.0613. The zero-order chi connectivity index (χ0) is 14.2. The van der Waals surface area contributed by atoms with Crippen LogP contribution in [0.2, 0.25) is 0 Å². The van der Waals surface area contributed by atoms with Crippen LogP contribution in [0.5, 0.6) is 0 Å². The first-order valence-corrected chi connectivity index (χ1v) is 7.25. The van der Waals surface area contributed by atoms with Crippen molar-refractivity contribution in [1.82, 2.24) is 14.8 Å². The van der Waals surface area contributed by atoms with E-state index in [1.54, 1.807) is 19.1 Å². The minimum Gasteiger partial charge on any atom is -0.384 e. The van der Waals surface area contributed by atoms with Gasteiger partial charge in [0.2, 0.25) is 0 Å². The van der Waals surface area contributed by atoms with Gasteiger partial charge in [0.25, 0.3) is 0 Å². The maximum atomic E-state index is 11.4. The van der Waals surface area contributed by atoms with E-state index < -0.39 is 9.84 Å². The molecule has 0 fully saturated rings. The lowest BCUT2D eigenvalue weighted by atomic mass is 10.2. The van der Waals surface area contributed by atoms with E-state index in [1.807, 2.05) is 0 Å². The van der Waals surface area contributed by atoms with Crippen LogP contribution in [0.1, 0.15) is 11.3 Å². The van der Waals surface area contributed by atoms with Gasteiger partial charge in [-0.1, -0.05) is 0 Å². The topological polar surface area (TPSA) is 115 Å². The number of nitrogens with one attached hydrogen (secondary N) is 1. The predicted octanol–water partition coefficient (Wildman–Crippen LogP) is 0.263. The van der Waals surface area contributed by atoms with E-state index in [-0.39, 0.29) is 10.7 Å². The summed E-state index contributed by atoms with van der Waals surface area (Å²) >= 11 is 0. The quantitative estimate of drug-likeness (QED) is 0.618. The Hall–Kier alpha value is -2.22. The summed E-state index contributed by atoms with van der Waals surface area (Å²) in [6.07, 6.45) is 3.78. The van der Waals surface area contributed by atoms with Crippen LogP contribution in [-0.4, -0.2) is 35.3 Å². The number of nitrogen functional groups attached to an aromatic ring is 1. The molecule has 2 heterocycles. The minimum atomic E-state index is -3.29. The molecule has 0 atom stereocenters. The smallest absolute Gasteiger partial charge is 0.178 e. The van der Waals surface area contributed by atoms with Crippen molar-refractivity contribution in [3.63, 3.8) is 0 Å². The molecule has 3 N–H and O–H groups in total. The fourth-order valence-corrected chi connectivity index (χ4v) is 2.11. The number of rotatable bonds is 3. The summed E-state index contributed by atoms with van der Waals surface area (Å²) in [5.74, 6) is 0.409. The SMILES string of the molecule is Cc1nc(-n2cc(S(C)(=O)=O)cn2)ccc1C(=N)N. The van der Waals surface area contributed by atoms with Crippen LogP contribution in [0, 0.1) is 12.3 Å². The highest BCUT2D eigenvalue weighted by molar-refractivity contribution is 7.90. The van der Waals surface area contributed by atoms with Gasteiger partial charge in [-0.15, -0.1) is 0 Å². The summed E-state index contributed by atoms with van der Waals surface area (Å²) in [5.41, 5.74) is 6.53. The van der Waals surface area contributed by atoms with Crippen LogP contribution in [-0.2, 0) is 9.84 Å². The molecule has 2 rings (SSSR count). The highest BCUT2D eigenvalue weighted by Gasteiger charge is 2.12. The third-order valence-corrected chi connectivity index (χ3v) is 3.65. The fourth-order valence-electron chi connectivity index (χ4n) is 1.58. The van der Waals surface area contributed by atoms with Crippen molar-refractivity contribution in [3.05, 3.63) is 35.8 Å². The summed E-state index contributed by atoms with van der Waals surface area (Å²) in [5, 5.41) is 11.3. The zero-order valence-electron chi connectivity index (χ0n) is 10.5. The Balaban J connectivity index is 2.46. The third kappa shape index (κ3) is 2.63. The molecule has 0 saturated heterocycles. The van der Waals surface area contributed by atoms with Crippen molar-refractivity contribution in [1.29, 1.82) is 5.41 Å². The molecule has 0 aliphatic rings. The van der Waals surface area contributed by atoms with E-state index in [0.29, 0.717) is 17.1 Å². The summed E-state index contributed by atoms with van der Waals surface area (Å²) in [6.45, 7) is 1.72. The molecule has 0 bridgehead atoms. The Morgan fingerprint density at radius 2 is 2.11 bits per heavy atom. The van der Waals surface area contributed by atoms with Gasteiger partial charge < -0.3 is 5.73 Å². The molecule has 19 heavy (non-hydrogen) atoms. The second kappa shape index (κ2) is 4.47. The number of pyridine rings is 1. The number of nitrogens with zero attached hydrogens (tertiary/aromatic N) is 3. The Morgan fingerprint density at radius 3 is 2.58 bits per heavy atom. The molecule has 0 spiro atoms. The van der Waals surface area contributed by atoms with E-state index >= 15 is 0 Å². The zero-order valence-corrected chi connectivity index (χ0v) is 11.3. The number of aryl methyl sites for hydroxylation is 1. The van der Waals surface area contributed by atoms with Gasteiger partial charge >= 0.3 is 0 Å². The molecule has 0 radical (unpaired) electrons. The molecule has 2 aromatic heterocycles. The van der Waals surface area contributed by atoms with Gasteiger partial charge in [0.15, 0.2) is 15.7 Å². The lowest BCUT2D eigenvalue weighted by molar-refractivity contribution is 0.602. The van der Waals surface area contributed by atoms with Gasteiger partial charge in [0, 0.05) is 11.8 Å². The predicted molar refractivity (Wildman–Crippen MR) is 70.2 cm³/mol. The first-order valence-electron chi connectivity index (χ1n) is 5.36. The average Bonchev–Trinajstić information content (AvgIpc) is 2.76. The van der Waals surface area contributed by atoms with E-state index in [9.17, 15) is 8.42 Å². The van der Waals surface area contributed by atoms with Gasteiger partial charge in [-0.25, -0.2) is 18.1 Å². The molecule has 7 nitrogen and oxygen atoms in total. The van der Waals surface area contributed by atoms with Gasteiger partial charge in [-0.05, 0) is 19.1 Å². The summed E-state index contributed by atoms with van der Waals surface area (Å²) < 4.78 is 24.1. The second-order valence-corrected chi connectivity index (χ2v) is 6.12. The lowest BCUT2D eigenvalue weighted by Gasteiger charge is -2.05. The van der Waals surface area contributed by atoms with Crippen LogP contribution in [0.3, 0.4) is 0 Å². The summed E-state index contributed by atoms with van der Waals surface area (Å²) in [6, 6.07) is 3.28. The normalized spacial score (nSPS) is 11.5. The average molecular weight is 279 g/mol.